The largest absolute Gasteiger partial charge is 0.368 e. The van der Waals surface area contributed by atoms with Gasteiger partial charge in [-0.2, -0.15) is 9.97 Å². The third kappa shape index (κ3) is 7.19. The highest BCUT2D eigenvalue weighted by atomic mass is 16.2. The SMILES string of the molecule is CCCCC(CC)CNc1nc(N2CCN(C(=O)Nc3cccc(C)c3)CC2)nc2c1ncn2Cc1cccc(C)c1. The molecule has 0 saturated carbocycles. The Labute approximate surface area is 249 Å². The standard InChI is InChI=1S/C33H44N8O/c1-5-7-12-26(6-2)21-34-30-29-31(41(23-35-29)22-27-13-8-10-24(3)19-27)38-32(37-30)39-15-17-40(18-16-39)33(42)36-28-14-9-11-25(4)20-28/h8-11,13-14,19-20,23,26H,5-7,12,15-18,21-22H2,1-4H3,(H,36,42)(H,34,37,38). The average Bonchev–Trinajstić information content (AvgIpc) is 3.39. The number of hydrogen-bond donors (Lipinski definition) is 2. The number of nitrogens with zero attached hydrogens (tertiary/aromatic N) is 6. The van der Waals surface area contributed by atoms with Crippen LogP contribution in [0.25, 0.3) is 11.2 Å². The Hall–Kier alpha value is -4.14. The molecule has 42 heavy (non-hydrogen) atoms. The molecule has 2 aromatic carbocycles. The smallest absolute Gasteiger partial charge is 0.321 e. The molecule has 222 valence electrons. The minimum Gasteiger partial charge on any atom is -0.368 e. The predicted molar refractivity (Wildman–Crippen MR) is 171 cm³/mol. The van der Waals surface area contributed by atoms with Crippen molar-refractivity contribution in [2.75, 3.05) is 48.3 Å². The molecule has 3 heterocycles. The molecule has 9 nitrogen and oxygen atoms in total. The molecule has 2 aromatic heterocycles. The molecule has 4 aromatic rings. The van der Waals surface area contributed by atoms with Crippen LogP contribution < -0.4 is 15.5 Å². The molecule has 5 rings (SSSR count). The summed E-state index contributed by atoms with van der Waals surface area (Å²) in [5, 5.41) is 6.68. The number of aromatic nitrogens is 4. The second-order valence-corrected chi connectivity index (χ2v) is 11.5. The van der Waals surface area contributed by atoms with E-state index in [9.17, 15) is 4.79 Å². The molecule has 1 aliphatic heterocycles. The van der Waals surface area contributed by atoms with Crippen LogP contribution in [0.15, 0.2) is 54.9 Å². The highest BCUT2D eigenvalue weighted by molar-refractivity contribution is 5.89. The molecule has 1 unspecified atom stereocenters. The number of carbonyl (C=O) groups is 1. The molecule has 1 atom stereocenters. The Morgan fingerprint density at radius 1 is 0.976 bits per heavy atom. The van der Waals surface area contributed by atoms with Crippen LogP contribution in [-0.2, 0) is 6.54 Å². The van der Waals surface area contributed by atoms with Crippen molar-refractivity contribution in [3.05, 3.63) is 71.5 Å². The fourth-order valence-corrected chi connectivity index (χ4v) is 5.54. The summed E-state index contributed by atoms with van der Waals surface area (Å²) in [7, 11) is 0. The summed E-state index contributed by atoms with van der Waals surface area (Å²) in [5.41, 5.74) is 6.00. The van der Waals surface area contributed by atoms with Gasteiger partial charge in [-0.15, -0.1) is 0 Å². The third-order valence-corrected chi connectivity index (χ3v) is 8.11. The molecule has 2 amide bonds. The van der Waals surface area contributed by atoms with Crippen molar-refractivity contribution in [1.29, 1.82) is 0 Å². The molecular weight excluding hydrogens is 524 g/mol. The number of fused-ring (bicyclic) bond motifs is 1. The molecule has 1 saturated heterocycles. The minimum atomic E-state index is -0.0760. The fraction of sp³-hybridized carbons (Fsp3) is 0.455. The lowest BCUT2D eigenvalue weighted by atomic mass is 9.99. The number of urea groups is 1. The predicted octanol–water partition coefficient (Wildman–Crippen LogP) is 6.47. The van der Waals surface area contributed by atoms with Crippen LogP contribution in [0.1, 0.15) is 56.2 Å². The normalized spacial score (nSPS) is 14.3. The summed E-state index contributed by atoms with van der Waals surface area (Å²) in [6, 6.07) is 16.4. The lowest BCUT2D eigenvalue weighted by Crippen LogP contribution is -2.50. The molecule has 0 spiro atoms. The van der Waals surface area contributed by atoms with Gasteiger partial charge in [0, 0.05) is 38.4 Å². The Morgan fingerprint density at radius 2 is 1.74 bits per heavy atom. The van der Waals surface area contributed by atoms with Crippen LogP contribution in [0.5, 0.6) is 0 Å². The number of amides is 2. The summed E-state index contributed by atoms with van der Waals surface area (Å²) < 4.78 is 2.11. The van der Waals surface area contributed by atoms with Gasteiger partial charge in [0.05, 0.1) is 12.9 Å². The van der Waals surface area contributed by atoms with Crippen LogP contribution in [-0.4, -0.2) is 63.2 Å². The van der Waals surface area contributed by atoms with Crippen molar-refractivity contribution in [2.24, 2.45) is 5.92 Å². The quantitative estimate of drug-likeness (QED) is 0.215. The Morgan fingerprint density at radius 3 is 2.45 bits per heavy atom. The number of carbonyl (C=O) groups excluding carboxylic acids is 1. The zero-order valence-corrected chi connectivity index (χ0v) is 25.4. The van der Waals surface area contributed by atoms with E-state index in [2.05, 4.69) is 65.1 Å². The number of aryl methyl sites for hydroxylation is 2. The maximum absolute atomic E-state index is 13.0. The zero-order valence-electron chi connectivity index (χ0n) is 25.4. The van der Waals surface area contributed by atoms with E-state index in [0.29, 0.717) is 44.6 Å². The molecule has 0 radical (unpaired) electrons. The van der Waals surface area contributed by atoms with E-state index in [1.165, 1.54) is 30.4 Å². The van der Waals surface area contributed by atoms with E-state index in [1.807, 2.05) is 42.4 Å². The highest BCUT2D eigenvalue weighted by Crippen LogP contribution is 2.25. The first kappa shape index (κ1) is 29.4. The average molecular weight is 569 g/mol. The van der Waals surface area contributed by atoms with Gasteiger partial charge in [0.2, 0.25) is 5.95 Å². The number of unbranched alkanes of at least 4 members (excludes halogenated alkanes) is 1. The first-order valence-corrected chi connectivity index (χ1v) is 15.3. The van der Waals surface area contributed by atoms with Gasteiger partial charge in [0.15, 0.2) is 17.0 Å². The van der Waals surface area contributed by atoms with E-state index in [-0.39, 0.29) is 6.03 Å². The number of anilines is 3. The van der Waals surface area contributed by atoms with Crippen LogP contribution >= 0.6 is 0 Å². The number of imidazole rings is 1. The van der Waals surface area contributed by atoms with Gasteiger partial charge < -0.3 is 25.0 Å². The van der Waals surface area contributed by atoms with Crippen molar-refractivity contribution < 1.29 is 4.79 Å². The molecule has 0 bridgehead atoms. The number of piperazine rings is 1. The van der Waals surface area contributed by atoms with Crippen LogP contribution in [0.3, 0.4) is 0 Å². The first-order valence-electron chi connectivity index (χ1n) is 15.3. The number of benzene rings is 2. The molecule has 0 aliphatic carbocycles. The monoisotopic (exact) mass is 568 g/mol. The second-order valence-electron chi connectivity index (χ2n) is 11.5. The van der Waals surface area contributed by atoms with Gasteiger partial charge in [0.1, 0.15) is 0 Å². The topological polar surface area (TPSA) is 91.2 Å². The van der Waals surface area contributed by atoms with Gasteiger partial charge in [-0.3, -0.25) is 0 Å². The Kier molecular flexibility index (Phi) is 9.56. The maximum Gasteiger partial charge on any atom is 0.321 e. The number of hydrogen-bond acceptors (Lipinski definition) is 6. The van der Waals surface area contributed by atoms with Crippen molar-refractivity contribution in [3.8, 4) is 0 Å². The van der Waals surface area contributed by atoms with Gasteiger partial charge in [0.25, 0.3) is 0 Å². The summed E-state index contributed by atoms with van der Waals surface area (Å²) in [6.45, 7) is 12.7. The van der Waals surface area contributed by atoms with E-state index in [1.54, 1.807) is 0 Å². The van der Waals surface area contributed by atoms with Crippen LogP contribution in [0.4, 0.5) is 22.2 Å². The summed E-state index contributed by atoms with van der Waals surface area (Å²) in [4.78, 5) is 31.8. The second kappa shape index (κ2) is 13.7. The lowest BCUT2D eigenvalue weighted by Gasteiger charge is -2.34. The molecule has 2 N–H and O–H groups in total. The maximum atomic E-state index is 13.0. The first-order chi connectivity index (χ1) is 20.4. The van der Waals surface area contributed by atoms with Crippen molar-refractivity contribution in [1.82, 2.24) is 24.4 Å². The van der Waals surface area contributed by atoms with E-state index < -0.39 is 0 Å². The van der Waals surface area contributed by atoms with Crippen molar-refractivity contribution in [2.45, 2.75) is 59.9 Å². The number of rotatable bonds is 11. The molecule has 1 aliphatic rings. The highest BCUT2D eigenvalue weighted by Gasteiger charge is 2.25. The zero-order chi connectivity index (χ0) is 29.5. The molecule has 9 heteroatoms. The van der Waals surface area contributed by atoms with Crippen LogP contribution in [0, 0.1) is 19.8 Å². The van der Waals surface area contributed by atoms with E-state index in [0.717, 1.165) is 41.2 Å². The summed E-state index contributed by atoms with van der Waals surface area (Å²) in [6.07, 6.45) is 6.64. The van der Waals surface area contributed by atoms with Crippen LogP contribution in [0.2, 0.25) is 0 Å². The Bertz CT molecular complexity index is 1490. The fourth-order valence-electron chi connectivity index (χ4n) is 5.54. The van der Waals surface area contributed by atoms with Crippen molar-refractivity contribution in [3.63, 3.8) is 0 Å². The third-order valence-electron chi connectivity index (χ3n) is 8.11. The Balaban J connectivity index is 1.35. The van der Waals surface area contributed by atoms with E-state index in [4.69, 9.17) is 15.0 Å². The summed E-state index contributed by atoms with van der Waals surface area (Å²) >= 11 is 0. The van der Waals surface area contributed by atoms with Crippen molar-refractivity contribution >= 4 is 34.6 Å². The van der Waals surface area contributed by atoms with Gasteiger partial charge in [-0.25, -0.2) is 9.78 Å². The van der Waals surface area contributed by atoms with Gasteiger partial charge in [-0.05, 0) is 49.4 Å². The summed E-state index contributed by atoms with van der Waals surface area (Å²) in [5.74, 6) is 2.05. The molecular formula is C33H44N8O. The lowest BCUT2D eigenvalue weighted by molar-refractivity contribution is 0.208. The van der Waals surface area contributed by atoms with Gasteiger partial charge in [-0.1, -0.05) is 75.1 Å². The number of nitrogens with one attached hydrogen (secondary N) is 2. The minimum absolute atomic E-state index is 0.0760. The van der Waals surface area contributed by atoms with Gasteiger partial charge >= 0.3 is 6.03 Å². The van der Waals surface area contributed by atoms with E-state index >= 15 is 0 Å². The molecule has 1 fully saturated rings.